The average molecular weight is 342 g/mol. The van der Waals surface area contributed by atoms with E-state index in [9.17, 15) is 4.79 Å². The molecule has 0 saturated carbocycles. The highest BCUT2D eigenvalue weighted by atomic mass is 16.5. The van der Waals surface area contributed by atoms with Crippen LogP contribution in [0.4, 0.5) is 0 Å². The van der Waals surface area contributed by atoms with E-state index in [1.165, 1.54) is 5.56 Å². The van der Waals surface area contributed by atoms with E-state index >= 15 is 0 Å². The van der Waals surface area contributed by atoms with Crippen LogP contribution in [0.3, 0.4) is 0 Å². The maximum absolute atomic E-state index is 12.6. The van der Waals surface area contributed by atoms with Gasteiger partial charge in [0.25, 0.3) is 5.91 Å². The molecule has 2 heterocycles. The van der Waals surface area contributed by atoms with Crippen molar-refractivity contribution in [2.75, 3.05) is 20.1 Å². The molecule has 3 rings (SSSR count). The number of hydrogen-bond acceptors (Lipinski definition) is 4. The van der Waals surface area contributed by atoms with Crippen LogP contribution >= 0.6 is 0 Å². The molecule has 1 aliphatic heterocycles. The minimum Gasteiger partial charge on any atom is -0.485 e. The average Bonchev–Trinajstić information content (AvgIpc) is 3.09. The van der Waals surface area contributed by atoms with Gasteiger partial charge < -0.3 is 19.4 Å². The van der Waals surface area contributed by atoms with Crippen molar-refractivity contribution in [3.8, 4) is 5.75 Å². The number of hydrogen-bond donors (Lipinski definition) is 1. The minimum absolute atomic E-state index is 0.0438. The van der Waals surface area contributed by atoms with Crippen molar-refractivity contribution in [3.63, 3.8) is 0 Å². The maximum atomic E-state index is 12.6. The highest BCUT2D eigenvalue weighted by molar-refractivity contribution is 5.91. The molecule has 2 aromatic rings. The van der Waals surface area contributed by atoms with Gasteiger partial charge in [-0.05, 0) is 57.5 Å². The molecule has 1 atom stereocenters. The van der Waals surface area contributed by atoms with Crippen LogP contribution in [0.15, 0.2) is 34.7 Å². The summed E-state index contributed by atoms with van der Waals surface area (Å²) in [5.74, 6) is 1.84. The molecule has 1 aliphatic rings. The summed E-state index contributed by atoms with van der Waals surface area (Å²) < 4.78 is 11.5. The summed E-state index contributed by atoms with van der Waals surface area (Å²) in [6.45, 7) is 5.90. The molecule has 0 aliphatic carbocycles. The Morgan fingerprint density at radius 1 is 1.32 bits per heavy atom. The van der Waals surface area contributed by atoms with Gasteiger partial charge in [-0.3, -0.25) is 4.79 Å². The van der Waals surface area contributed by atoms with Gasteiger partial charge in [0.2, 0.25) is 0 Å². The molecule has 1 saturated heterocycles. The van der Waals surface area contributed by atoms with Crippen molar-refractivity contribution >= 4 is 5.91 Å². The number of furan rings is 1. The van der Waals surface area contributed by atoms with E-state index < -0.39 is 0 Å². The highest BCUT2D eigenvalue weighted by Crippen LogP contribution is 2.21. The molecule has 1 aromatic heterocycles. The van der Waals surface area contributed by atoms with Crippen LogP contribution in [0, 0.1) is 13.8 Å². The first-order valence-electron chi connectivity index (χ1n) is 8.82. The van der Waals surface area contributed by atoms with Crippen molar-refractivity contribution in [2.24, 2.45) is 0 Å². The Bertz CT molecular complexity index is 738. The number of nitrogens with one attached hydrogen (secondary N) is 1. The predicted octanol–water partition coefficient (Wildman–Crippen LogP) is 3.30. The van der Waals surface area contributed by atoms with E-state index in [-0.39, 0.29) is 5.91 Å². The van der Waals surface area contributed by atoms with E-state index in [0.717, 1.165) is 37.2 Å². The van der Waals surface area contributed by atoms with Crippen LogP contribution in [0.1, 0.15) is 40.3 Å². The summed E-state index contributed by atoms with van der Waals surface area (Å²) in [4.78, 5) is 14.5. The van der Waals surface area contributed by atoms with Gasteiger partial charge in [0, 0.05) is 19.1 Å². The number of carbonyl (C=O) groups excluding carboxylic acids is 1. The topological polar surface area (TPSA) is 54.7 Å². The van der Waals surface area contributed by atoms with E-state index in [4.69, 9.17) is 9.15 Å². The fourth-order valence-electron chi connectivity index (χ4n) is 3.23. The standard InChI is InChI=1S/C20H26N2O3/c1-14-6-8-18(15(2)11-14)24-13-17-7-9-19(25-17)20(23)22-10-4-5-16(12-22)21-3/h6-9,11,16,21H,4-5,10,12-13H2,1-3H3/t16-/m1/s1. The lowest BCUT2D eigenvalue weighted by molar-refractivity contribution is 0.0662. The van der Waals surface area contributed by atoms with E-state index in [2.05, 4.69) is 18.3 Å². The summed E-state index contributed by atoms with van der Waals surface area (Å²) in [5, 5.41) is 3.25. The molecule has 0 bridgehead atoms. The van der Waals surface area contributed by atoms with Crippen LogP contribution in [-0.2, 0) is 6.61 Å². The molecule has 1 fully saturated rings. The number of benzene rings is 1. The van der Waals surface area contributed by atoms with Crippen molar-refractivity contribution < 1.29 is 13.9 Å². The summed E-state index contributed by atoms with van der Waals surface area (Å²) in [6, 6.07) is 9.99. The Balaban J connectivity index is 1.61. The zero-order chi connectivity index (χ0) is 17.8. The first-order valence-corrected chi connectivity index (χ1v) is 8.82. The zero-order valence-corrected chi connectivity index (χ0v) is 15.2. The molecular weight excluding hydrogens is 316 g/mol. The monoisotopic (exact) mass is 342 g/mol. The summed E-state index contributed by atoms with van der Waals surface area (Å²) in [5.41, 5.74) is 2.30. The molecule has 134 valence electrons. The smallest absolute Gasteiger partial charge is 0.289 e. The van der Waals surface area contributed by atoms with Crippen molar-refractivity contribution in [1.29, 1.82) is 0 Å². The second-order valence-corrected chi connectivity index (χ2v) is 6.70. The molecule has 0 unspecified atom stereocenters. The highest BCUT2D eigenvalue weighted by Gasteiger charge is 2.25. The Kier molecular flexibility index (Phi) is 5.43. The third kappa shape index (κ3) is 4.23. The SMILES string of the molecule is CN[C@@H]1CCCN(C(=O)c2ccc(COc3ccc(C)cc3C)o2)C1. The predicted molar refractivity (Wildman–Crippen MR) is 96.9 cm³/mol. The van der Waals surface area contributed by atoms with Gasteiger partial charge in [-0.25, -0.2) is 0 Å². The van der Waals surface area contributed by atoms with Crippen molar-refractivity contribution in [3.05, 3.63) is 53.0 Å². The maximum Gasteiger partial charge on any atom is 0.289 e. The van der Waals surface area contributed by atoms with Crippen LogP contribution in [-0.4, -0.2) is 37.0 Å². The Hall–Kier alpha value is -2.27. The first-order chi connectivity index (χ1) is 12.1. The lowest BCUT2D eigenvalue weighted by Gasteiger charge is -2.31. The number of carbonyl (C=O) groups is 1. The molecule has 1 N–H and O–H groups in total. The number of aryl methyl sites for hydroxylation is 2. The van der Waals surface area contributed by atoms with Gasteiger partial charge in [-0.15, -0.1) is 0 Å². The molecule has 25 heavy (non-hydrogen) atoms. The lowest BCUT2D eigenvalue weighted by Crippen LogP contribution is -2.46. The summed E-state index contributed by atoms with van der Waals surface area (Å²) in [6.07, 6.45) is 2.12. The van der Waals surface area contributed by atoms with E-state index in [1.54, 1.807) is 6.07 Å². The third-order valence-electron chi connectivity index (χ3n) is 4.69. The fraction of sp³-hybridized carbons (Fsp3) is 0.450. The van der Waals surface area contributed by atoms with Gasteiger partial charge in [0.15, 0.2) is 5.76 Å². The number of ether oxygens (including phenoxy) is 1. The van der Waals surface area contributed by atoms with Crippen LogP contribution < -0.4 is 10.1 Å². The Labute approximate surface area is 149 Å². The zero-order valence-electron chi connectivity index (χ0n) is 15.2. The fourth-order valence-corrected chi connectivity index (χ4v) is 3.23. The van der Waals surface area contributed by atoms with E-state index in [1.807, 2.05) is 37.1 Å². The quantitative estimate of drug-likeness (QED) is 0.906. The van der Waals surface area contributed by atoms with Crippen molar-refractivity contribution in [1.82, 2.24) is 10.2 Å². The first kappa shape index (κ1) is 17.5. The Morgan fingerprint density at radius 2 is 2.16 bits per heavy atom. The summed E-state index contributed by atoms with van der Waals surface area (Å²) in [7, 11) is 1.94. The van der Waals surface area contributed by atoms with Gasteiger partial charge in [0.1, 0.15) is 18.1 Å². The second-order valence-electron chi connectivity index (χ2n) is 6.70. The molecule has 1 aromatic carbocycles. The molecule has 0 radical (unpaired) electrons. The van der Waals surface area contributed by atoms with Gasteiger partial charge in [0.05, 0.1) is 0 Å². The number of nitrogens with zero attached hydrogens (tertiary/aromatic N) is 1. The molecule has 0 spiro atoms. The third-order valence-corrected chi connectivity index (χ3v) is 4.69. The van der Waals surface area contributed by atoms with Crippen LogP contribution in [0.2, 0.25) is 0 Å². The number of likely N-dealkylation sites (N-methyl/N-ethyl adjacent to an activating group) is 1. The number of piperidine rings is 1. The number of likely N-dealkylation sites (tertiary alicyclic amines) is 1. The van der Waals surface area contributed by atoms with Gasteiger partial charge in [-0.2, -0.15) is 0 Å². The Morgan fingerprint density at radius 3 is 2.92 bits per heavy atom. The lowest BCUT2D eigenvalue weighted by atomic mass is 10.1. The summed E-state index contributed by atoms with van der Waals surface area (Å²) >= 11 is 0. The minimum atomic E-state index is -0.0438. The van der Waals surface area contributed by atoms with E-state index in [0.29, 0.717) is 24.2 Å². The largest absolute Gasteiger partial charge is 0.485 e. The molecule has 1 amide bonds. The second kappa shape index (κ2) is 7.74. The number of rotatable bonds is 5. The molecule has 5 heteroatoms. The molecule has 5 nitrogen and oxygen atoms in total. The normalized spacial score (nSPS) is 17.6. The number of amides is 1. The van der Waals surface area contributed by atoms with Gasteiger partial charge >= 0.3 is 0 Å². The van der Waals surface area contributed by atoms with Crippen molar-refractivity contribution in [2.45, 2.75) is 39.3 Å². The molecular formula is C20H26N2O3. The van der Waals surface area contributed by atoms with Gasteiger partial charge in [-0.1, -0.05) is 17.7 Å². The van der Waals surface area contributed by atoms with Crippen LogP contribution in [0.5, 0.6) is 5.75 Å². The van der Waals surface area contributed by atoms with Crippen LogP contribution in [0.25, 0.3) is 0 Å².